The normalized spacial score (nSPS) is 23.9. The summed E-state index contributed by atoms with van der Waals surface area (Å²) in [4.78, 5) is 15.6. The summed E-state index contributed by atoms with van der Waals surface area (Å²) in [5.74, 6) is -2.94. The molecule has 0 radical (unpaired) electrons. The van der Waals surface area contributed by atoms with E-state index in [4.69, 9.17) is 0 Å². The van der Waals surface area contributed by atoms with Gasteiger partial charge < -0.3 is 14.5 Å². The van der Waals surface area contributed by atoms with Gasteiger partial charge in [-0.3, -0.25) is 4.79 Å². The zero-order valence-corrected chi connectivity index (χ0v) is 19.9. The van der Waals surface area contributed by atoms with Gasteiger partial charge in [-0.25, -0.2) is 8.78 Å². The fourth-order valence-electron chi connectivity index (χ4n) is 5.93. The van der Waals surface area contributed by atoms with Crippen molar-refractivity contribution in [2.75, 3.05) is 33.7 Å². The molecule has 33 heavy (non-hydrogen) atoms. The molecular weight excluding hydrogens is 422 g/mol. The lowest BCUT2D eigenvalue weighted by Crippen LogP contribution is -2.58. The molecule has 2 aliphatic carbocycles. The van der Waals surface area contributed by atoms with Crippen LogP contribution in [0.2, 0.25) is 0 Å². The highest BCUT2D eigenvalue weighted by Gasteiger charge is 2.49. The number of rotatable bonds is 6. The van der Waals surface area contributed by atoms with Crippen LogP contribution in [0, 0.1) is 5.92 Å². The summed E-state index contributed by atoms with van der Waals surface area (Å²) in [6.45, 7) is 1.92. The first-order chi connectivity index (χ1) is 15.6. The third-order valence-corrected chi connectivity index (χ3v) is 7.99. The molecule has 3 aliphatic rings. The maximum absolute atomic E-state index is 13.7. The number of nitrogens with zero attached hydrogens (tertiary/aromatic N) is 2. The molecule has 1 aromatic carbocycles. The molecule has 1 aliphatic heterocycles. The first kappa shape index (κ1) is 24.1. The molecule has 1 unspecified atom stereocenters. The van der Waals surface area contributed by atoms with Crippen LogP contribution in [0.4, 0.5) is 8.78 Å². The van der Waals surface area contributed by atoms with E-state index in [0.717, 1.165) is 50.2 Å². The third-order valence-electron chi connectivity index (χ3n) is 7.99. The molecule has 2 fully saturated rings. The van der Waals surface area contributed by atoms with Gasteiger partial charge in [-0.15, -0.1) is 0 Å². The molecule has 4 nitrogen and oxygen atoms in total. The number of carbonyl (C=O) groups excluding carboxylic acids is 1. The molecule has 4 rings (SSSR count). The van der Waals surface area contributed by atoms with Crippen LogP contribution < -0.4 is 0 Å². The predicted octanol–water partition coefficient (Wildman–Crippen LogP) is 4.65. The number of benzene rings is 1. The van der Waals surface area contributed by atoms with Crippen molar-refractivity contribution in [3.63, 3.8) is 0 Å². The lowest BCUT2D eigenvalue weighted by Gasteiger charge is -2.45. The Morgan fingerprint density at radius 3 is 2.33 bits per heavy atom. The second-order valence-corrected chi connectivity index (χ2v) is 10.7. The minimum atomic E-state index is -2.73. The minimum Gasteiger partial charge on any atom is -0.375 e. The monoisotopic (exact) mass is 459 g/mol. The lowest BCUT2D eigenvalue weighted by atomic mass is 9.78. The first-order valence-electron chi connectivity index (χ1n) is 12.3. The van der Waals surface area contributed by atoms with Crippen LogP contribution in [0.3, 0.4) is 0 Å². The zero-order valence-electron chi connectivity index (χ0n) is 19.9. The number of alkyl halides is 2. The molecule has 180 valence electrons. The maximum Gasteiger partial charge on any atom is 0.270 e. The molecule has 1 aromatic rings. The van der Waals surface area contributed by atoms with Crippen LogP contribution >= 0.6 is 0 Å². The number of aliphatic hydroxyl groups is 1. The summed E-state index contributed by atoms with van der Waals surface area (Å²) < 4.78 is 27.5. The number of hydrogen-bond donors (Lipinski definition) is 1. The summed E-state index contributed by atoms with van der Waals surface area (Å²) in [6.07, 6.45) is 9.52. The summed E-state index contributed by atoms with van der Waals surface area (Å²) in [5.41, 5.74) is 0.190. The van der Waals surface area contributed by atoms with E-state index in [9.17, 15) is 18.7 Å². The van der Waals surface area contributed by atoms with E-state index < -0.39 is 11.5 Å². The predicted molar refractivity (Wildman–Crippen MR) is 126 cm³/mol. The van der Waals surface area contributed by atoms with Gasteiger partial charge >= 0.3 is 0 Å². The molecule has 6 heteroatoms. The SMILES string of the molecule is C[N+](C)(CC1=CCC(F)(F)C=C1)C1CCN(C(=O)C(O)(c2ccccc2)C2CCCC2)CC1. The molecule has 1 saturated carbocycles. The van der Waals surface area contributed by atoms with E-state index in [1.165, 1.54) is 0 Å². The molecule has 1 N–H and O–H groups in total. The number of allylic oxidation sites excluding steroid dienone is 2. The standard InChI is InChI=1S/C27H37F2N2O2/c1-31(2,20-21-12-16-26(28,29)17-13-21)24-14-18-30(19-15-24)25(32)27(33,23-10-6-7-11-23)22-8-4-3-5-9-22/h3-5,8-9,12-13,16,23-24,33H,6-7,10-11,14-15,17-20H2,1-2H3/q+1. The number of amides is 1. The molecular formula is C27H37F2N2O2+. The molecule has 0 spiro atoms. The highest BCUT2D eigenvalue weighted by Crippen LogP contribution is 2.42. The van der Waals surface area contributed by atoms with Gasteiger partial charge in [0.15, 0.2) is 5.60 Å². The Morgan fingerprint density at radius 2 is 1.76 bits per heavy atom. The van der Waals surface area contributed by atoms with E-state index in [1.54, 1.807) is 12.2 Å². The van der Waals surface area contributed by atoms with Crippen LogP contribution in [-0.4, -0.2) is 66.1 Å². The quantitative estimate of drug-likeness (QED) is 0.629. The Morgan fingerprint density at radius 1 is 1.12 bits per heavy atom. The average Bonchev–Trinajstić information content (AvgIpc) is 3.36. The zero-order chi connectivity index (χ0) is 23.7. The van der Waals surface area contributed by atoms with Crippen molar-refractivity contribution in [1.29, 1.82) is 0 Å². The number of halogens is 2. The van der Waals surface area contributed by atoms with Crippen molar-refractivity contribution >= 4 is 5.91 Å². The van der Waals surface area contributed by atoms with Crippen LogP contribution in [0.1, 0.15) is 50.5 Å². The van der Waals surface area contributed by atoms with E-state index in [0.29, 0.717) is 35.7 Å². The Bertz CT molecular complexity index is 898. The number of hydrogen-bond acceptors (Lipinski definition) is 2. The van der Waals surface area contributed by atoms with E-state index in [2.05, 4.69) is 14.1 Å². The molecule has 1 amide bonds. The van der Waals surface area contributed by atoms with Gasteiger partial charge in [0.2, 0.25) is 0 Å². The molecule has 0 bridgehead atoms. The van der Waals surface area contributed by atoms with E-state index >= 15 is 0 Å². The highest BCUT2D eigenvalue weighted by atomic mass is 19.3. The topological polar surface area (TPSA) is 40.5 Å². The number of carbonyl (C=O) groups is 1. The number of piperidine rings is 1. The van der Waals surface area contributed by atoms with Crippen molar-refractivity contribution in [3.8, 4) is 0 Å². The van der Waals surface area contributed by atoms with Crippen LogP contribution in [0.15, 0.2) is 54.1 Å². The van der Waals surface area contributed by atoms with E-state index in [1.807, 2.05) is 35.2 Å². The Balaban J connectivity index is 1.42. The maximum atomic E-state index is 13.7. The number of quaternary nitrogens is 1. The second-order valence-electron chi connectivity index (χ2n) is 10.7. The number of likely N-dealkylation sites (tertiary alicyclic amines) is 1. The van der Waals surface area contributed by atoms with Crippen molar-refractivity contribution in [2.24, 2.45) is 5.92 Å². The Kier molecular flexibility index (Phi) is 6.79. The van der Waals surface area contributed by atoms with Gasteiger partial charge in [-0.1, -0.05) is 55.3 Å². The first-order valence-corrected chi connectivity index (χ1v) is 12.3. The second kappa shape index (κ2) is 9.30. The summed E-state index contributed by atoms with van der Waals surface area (Å²) in [6, 6.07) is 9.77. The lowest BCUT2D eigenvalue weighted by molar-refractivity contribution is -0.911. The van der Waals surface area contributed by atoms with Gasteiger partial charge in [-0.05, 0) is 24.5 Å². The summed E-state index contributed by atoms with van der Waals surface area (Å²) in [7, 11) is 4.28. The van der Waals surface area contributed by atoms with Crippen LogP contribution in [0.5, 0.6) is 0 Å². The van der Waals surface area contributed by atoms with Gasteiger partial charge in [-0.2, -0.15) is 0 Å². The fourth-order valence-corrected chi connectivity index (χ4v) is 5.93. The summed E-state index contributed by atoms with van der Waals surface area (Å²) in [5, 5.41) is 11.8. The largest absolute Gasteiger partial charge is 0.375 e. The molecule has 1 saturated heterocycles. The molecule has 1 atom stereocenters. The minimum absolute atomic E-state index is 0.0412. The van der Waals surface area contributed by atoms with Crippen molar-refractivity contribution < 1.29 is 23.2 Å². The van der Waals surface area contributed by atoms with Gasteiger partial charge in [0.25, 0.3) is 11.8 Å². The van der Waals surface area contributed by atoms with Crippen molar-refractivity contribution in [2.45, 2.75) is 62.5 Å². The van der Waals surface area contributed by atoms with E-state index in [-0.39, 0.29) is 18.2 Å². The third kappa shape index (κ3) is 5.07. The molecule has 1 heterocycles. The Labute approximate surface area is 196 Å². The highest BCUT2D eigenvalue weighted by molar-refractivity contribution is 5.87. The fraction of sp³-hybridized carbons (Fsp3) is 0.593. The van der Waals surface area contributed by atoms with Gasteiger partial charge in [0.05, 0.1) is 20.1 Å². The smallest absolute Gasteiger partial charge is 0.270 e. The van der Waals surface area contributed by atoms with Crippen LogP contribution in [-0.2, 0) is 10.4 Å². The van der Waals surface area contributed by atoms with Crippen molar-refractivity contribution in [1.82, 2.24) is 4.90 Å². The number of likely N-dealkylation sites (N-methyl/N-ethyl adjacent to an activating group) is 1. The van der Waals surface area contributed by atoms with Gasteiger partial charge in [0, 0.05) is 43.8 Å². The average molecular weight is 460 g/mol. The Hall–Kier alpha value is -2.05. The summed E-state index contributed by atoms with van der Waals surface area (Å²) >= 11 is 0. The van der Waals surface area contributed by atoms with Gasteiger partial charge in [0.1, 0.15) is 6.54 Å². The van der Waals surface area contributed by atoms with Crippen LogP contribution in [0.25, 0.3) is 0 Å². The molecule has 0 aromatic heterocycles. The van der Waals surface area contributed by atoms with Crippen molar-refractivity contribution in [3.05, 3.63) is 59.7 Å².